The van der Waals surface area contributed by atoms with Crippen LogP contribution in [0.3, 0.4) is 0 Å². The molecule has 0 unspecified atom stereocenters. The molecule has 1 radical (unpaired) electrons. The molecule has 0 saturated carbocycles. The van der Waals surface area contributed by atoms with Crippen molar-refractivity contribution >= 4 is 17.3 Å². The Morgan fingerprint density at radius 2 is 2.19 bits per heavy atom. The lowest BCUT2D eigenvalue weighted by Gasteiger charge is -2.34. The van der Waals surface area contributed by atoms with E-state index in [1.54, 1.807) is 0 Å². The normalized spacial score (nSPS) is 23.3. The predicted octanol–water partition coefficient (Wildman–Crippen LogP) is 1.36. The number of hydrogen-bond donors (Lipinski definition) is 1. The van der Waals surface area contributed by atoms with E-state index in [0.717, 1.165) is 50.4 Å². The average molecular weight is 288 g/mol. The van der Waals surface area contributed by atoms with Gasteiger partial charge in [0.05, 0.1) is 5.69 Å². The van der Waals surface area contributed by atoms with Crippen LogP contribution in [0.1, 0.15) is 12.8 Å². The van der Waals surface area contributed by atoms with Crippen LogP contribution in [0.2, 0.25) is 0 Å². The third kappa shape index (κ3) is 3.54. The molecule has 1 amide bonds. The van der Waals surface area contributed by atoms with Crippen molar-refractivity contribution in [3.63, 3.8) is 0 Å². The highest BCUT2D eigenvalue weighted by Gasteiger charge is 2.23. The number of hydrogen-bond acceptors (Lipinski definition) is 4. The molecule has 5 heteroatoms. The van der Waals surface area contributed by atoms with Crippen LogP contribution in [-0.4, -0.2) is 56.7 Å². The van der Waals surface area contributed by atoms with Crippen molar-refractivity contribution in [1.29, 1.82) is 0 Å². The van der Waals surface area contributed by atoms with E-state index in [0.29, 0.717) is 6.61 Å². The number of amides is 1. The van der Waals surface area contributed by atoms with Crippen LogP contribution in [0, 0.1) is 6.07 Å². The highest BCUT2D eigenvalue weighted by atomic mass is 16.5. The maximum atomic E-state index is 12.1. The second-order valence-electron chi connectivity index (χ2n) is 5.74. The van der Waals surface area contributed by atoms with Crippen LogP contribution in [0.5, 0.6) is 0 Å². The van der Waals surface area contributed by atoms with Gasteiger partial charge in [0.2, 0.25) is 0 Å². The van der Waals surface area contributed by atoms with Crippen LogP contribution in [0.25, 0.3) is 0 Å². The van der Waals surface area contributed by atoms with Gasteiger partial charge < -0.3 is 19.9 Å². The molecule has 113 valence electrons. The SMILES string of the molecule is CN1CCN(c2cc[c]c(NC(=O)[C@@H]3CCCO3)c2)CC1. The molecule has 2 aliphatic rings. The van der Waals surface area contributed by atoms with E-state index in [1.807, 2.05) is 18.2 Å². The van der Waals surface area contributed by atoms with Crippen molar-refractivity contribution in [2.45, 2.75) is 18.9 Å². The van der Waals surface area contributed by atoms with E-state index in [4.69, 9.17) is 4.74 Å². The minimum atomic E-state index is -0.300. The van der Waals surface area contributed by atoms with Gasteiger partial charge in [-0.05, 0) is 32.0 Å². The largest absolute Gasteiger partial charge is 0.369 e. The summed E-state index contributed by atoms with van der Waals surface area (Å²) < 4.78 is 5.40. The molecule has 0 aliphatic carbocycles. The van der Waals surface area contributed by atoms with Crippen molar-refractivity contribution in [1.82, 2.24) is 4.90 Å². The number of carbonyl (C=O) groups is 1. The van der Waals surface area contributed by atoms with Crippen LogP contribution < -0.4 is 10.2 Å². The topological polar surface area (TPSA) is 44.8 Å². The molecular weight excluding hydrogens is 266 g/mol. The summed E-state index contributed by atoms with van der Waals surface area (Å²) in [5.41, 5.74) is 1.87. The standard InChI is InChI=1S/C16H22N3O2/c1-18-7-9-19(10-8-18)14-5-2-4-13(12-14)17-16(20)15-6-3-11-21-15/h2,5,12,15H,3,6-11H2,1H3,(H,17,20)/t15-/m0/s1. The van der Waals surface area contributed by atoms with Crippen LogP contribution >= 0.6 is 0 Å². The quantitative estimate of drug-likeness (QED) is 0.912. The molecule has 1 aromatic rings. The molecule has 2 aliphatic heterocycles. The second kappa shape index (κ2) is 6.45. The number of likely N-dealkylation sites (N-methyl/N-ethyl adjacent to an activating group) is 1. The molecule has 1 atom stereocenters. The van der Waals surface area contributed by atoms with Gasteiger partial charge in [-0.15, -0.1) is 0 Å². The average Bonchev–Trinajstić information content (AvgIpc) is 3.02. The number of rotatable bonds is 3. The molecule has 3 rings (SSSR count). The lowest BCUT2D eigenvalue weighted by molar-refractivity contribution is -0.124. The molecule has 0 aromatic heterocycles. The summed E-state index contributed by atoms with van der Waals surface area (Å²) in [5.74, 6) is -0.0562. The Morgan fingerprint density at radius 1 is 1.38 bits per heavy atom. The first-order valence-electron chi connectivity index (χ1n) is 7.60. The number of benzene rings is 1. The fourth-order valence-electron chi connectivity index (χ4n) is 2.79. The third-order valence-electron chi connectivity index (χ3n) is 4.13. The first-order valence-corrected chi connectivity index (χ1v) is 7.60. The molecule has 1 aromatic carbocycles. The summed E-state index contributed by atoms with van der Waals surface area (Å²) in [6, 6.07) is 9.01. The summed E-state index contributed by atoms with van der Waals surface area (Å²) in [6.45, 7) is 4.84. The molecule has 2 saturated heterocycles. The highest BCUT2D eigenvalue weighted by Crippen LogP contribution is 2.21. The zero-order chi connectivity index (χ0) is 14.7. The minimum absolute atomic E-state index is 0.0562. The van der Waals surface area contributed by atoms with Gasteiger partial charge >= 0.3 is 0 Å². The summed E-state index contributed by atoms with van der Waals surface area (Å²) in [6.07, 6.45) is 1.47. The Kier molecular flexibility index (Phi) is 4.41. The van der Waals surface area contributed by atoms with Gasteiger partial charge in [-0.3, -0.25) is 4.79 Å². The van der Waals surface area contributed by atoms with E-state index in [1.165, 1.54) is 0 Å². The summed E-state index contributed by atoms with van der Waals surface area (Å²) in [4.78, 5) is 16.7. The number of ether oxygens (including phenoxy) is 1. The zero-order valence-electron chi connectivity index (χ0n) is 12.5. The molecule has 5 nitrogen and oxygen atoms in total. The Labute approximate surface area is 125 Å². The molecule has 2 heterocycles. The van der Waals surface area contributed by atoms with Gasteiger partial charge in [-0.1, -0.05) is 6.07 Å². The number of carbonyl (C=O) groups excluding carboxylic acids is 1. The smallest absolute Gasteiger partial charge is 0.253 e. The number of nitrogens with zero attached hydrogens (tertiary/aromatic N) is 2. The van der Waals surface area contributed by atoms with Gasteiger partial charge in [-0.25, -0.2) is 0 Å². The Balaban J connectivity index is 1.64. The maximum Gasteiger partial charge on any atom is 0.253 e. The molecule has 2 fully saturated rings. The summed E-state index contributed by atoms with van der Waals surface area (Å²) in [7, 11) is 2.14. The second-order valence-corrected chi connectivity index (χ2v) is 5.74. The van der Waals surface area contributed by atoms with Crippen molar-refractivity contribution < 1.29 is 9.53 Å². The van der Waals surface area contributed by atoms with Crippen LogP contribution in [0.15, 0.2) is 18.2 Å². The number of anilines is 2. The number of piperazine rings is 1. The monoisotopic (exact) mass is 288 g/mol. The first-order chi connectivity index (χ1) is 10.2. The lowest BCUT2D eigenvalue weighted by atomic mass is 10.2. The Hall–Kier alpha value is -1.59. The van der Waals surface area contributed by atoms with Gasteiger partial charge in [0, 0.05) is 44.5 Å². The van der Waals surface area contributed by atoms with E-state index < -0.39 is 0 Å². The lowest BCUT2D eigenvalue weighted by Crippen LogP contribution is -2.44. The first kappa shape index (κ1) is 14.4. The third-order valence-corrected chi connectivity index (χ3v) is 4.13. The fraction of sp³-hybridized carbons (Fsp3) is 0.562. The predicted molar refractivity (Wildman–Crippen MR) is 82.6 cm³/mol. The zero-order valence-corrected chi connectivity index (χ0v) is 12.5. The van der Waals surface area contributed by atoms with E-state index in [9.17, 15) is 4.79 Å². The van der Waals surface area contributed by atoms with Gasteiger partial charge in [-0.2, -0.15) is 0 Å². The Morgan fingerprint density at radius 3 is 2.90 bits per heavy atom. The molecule has 0 bridgehead atoms. The maximum absolute atomic E-state index is 12.1. The molecule has 1 N–H and O–H groups in total. The number of nitrogens with one attached hydrogen (secondary N) is 1. The highest BCUT2D eigenvalue weighted by molar-refractivity contribution is 5.94. The van der Waals surface area contributed by atoms with E-state index in [-0.39, 0.29) is 12.0 Å². The fourth-order valence-corrected chi connectivity index (χ4v) is 2.79. The van der Waals surface area contributed by atoms with Crippen LogP contribution in [0.4, 0.5) is 11.4 Å². The molecular formula is C16H22N3O2. The van der Waals surface area contributed by atoms with Gasteiger partial charge in [0.1, 0.15) is 6.10 Å². The Bertz CT molecular complexity index is 492. The van der Waals surface area contributed by atoms with E-state index >= 15 is 0 Å². The molecule has 21 heavy (non-hydrogen) atoms. The molecule has 0 spiro atoms. The summed E-state index contributed by atoms with van der Waals surface area (Å²) >= 11 is 0. The van der Waals surface area contributed by atoms with Crippen molar-refractivity contribution in [2.24, 2.45) is 0 Å². The van der Waals surface area contributed by atoms with E-state index in [2.05, 4.69) is 28.2 Å². The van der Waals surface area contributed by atoms with Crippen molar-refractivity contribution in [2.75, 3.05) is 50.1 Å². The van der Waals surface area contributed by atoms with Gasteiger partial charge in [0.25, 0.3) is 5.91 Å². The van der Waals surface area contributed by atoms with Crippen molar-refractivity contribution in [3.8, 4) is 0 Å². The summed E-state index contributed by atoms with van der Waals surface area (Å²) in [5, 5.41) is 2.92. The minimum Gasteiger partial charge on any atom is -0.369 e. The van der Waals surface area contributed by atoms with Gasteiger partial charge in [0.15, 0.2) is 0 Å². The van der Waals surface area contributed by atoms with Crippen LogP contribution in [-0.2, 0) is 9.53 Å². The van der Waals surface area contributed by atoms with Crippen molar-refractivity contribution in [3.05, 3.63) is 24.3 Å².